The van der Waals surface area contributed by atoms with Gasteiger partial charge in [0.05, 0.1) is 11.7 Å². The molecule has 14 heavy (non-hydrogen) atoms. The van der Waals surface area contributed by atoms with E-state index in [-0.39, 0.29) is 0 Å². The molecule has 0 saturated carbocycles. The van der Waals surface area contributed by atoms with Crippen molar-refractivity contribution in [1.29, 1.82) is 0 Å². The Hall–Kier alpha value is -0.480. The fourth-order valence-electron chi connectivity index (χ4n) is 1.14. The fourth-order valence-corrected chi connectivity index (χ4v) is 3.27. The summed E-state index contributed by atoms with van der Waals surface area (Å²) < 4.78 is 1.21. The normalized spacial score (nSPS) is 20.9. The lowest BCUT2D eigenvalue weighted by atomic mass is 10.4. The lowest BCUT2D eigenvalue weighted by molar-refractivity contribution is 0.867. The van der Waals surface area contributed by atoms with Crippen molar-refractivity contribution >= 4 is 27.9 Å². The van der Waals surface area contributed by atoms with Gasteiger partial charge in [-0.15, -0.1) is 0 Å². The van der Waals surface area contributed by atoms with Crippen LogP contribution in [0.5, 0.6) is 0 Å². The van der Waals surface area contributed by atoms with Crippen LogP contribution in [0.2, 0.25) is 0 Å². The Balaban J connectivity index is 1.86. The number of nitrogens with zero attached hydrogens (tertiary/aromatic N) is 2. The molecule has 1 unspecified atom stereocenters. The van der Waals surface area contributed by atoms with Crippen molar-refractivity contribution in [3.05, 3.63) is 30.1 Å². The molecule has 1 aromatic rings. The number of rotatable bonds is 2. The first-order valence-electron chi connectivity index (χ1n) is 4.58. The zero-order chi connectivity index (χ0) is 9.80. The van der Waals surface area contributed by atoms with Gasteiger partial charge in [-0.25, -0.2) is 0 Å². The molecule has 0 aromatic carbocycles. The first-order chi connectivity index (χ1) is 6.84. The number of pyridine rings is 1. The molecule has 0 radical (unpaired) electrons. The summed E-state index contributed by atoms with van der Waals surface area (Å²) in [7, 11) is 0. The van der Waals surface area contributed by atoms with E-state index in [0.29, 0.717) is 6.04 Å². The minimum atomic E-state index is 0.492. The highest BCUT2D eigenvalue weighted by Crippen LogP contribution is 2.27. The van der Waals surface area contributed by atoms with Crippen LogP contribution in [0.1, 0.15) is 12.6 Å². The number of aliphatic imine (C=N–C) groups is 1. The average molecular weight is 224 g/mol. The maximum atomic E-state index is 4.52. The maximum Gasteiger partial charge on any atom is 0.125 e. The Labute approximate surface area is 92.6 Å². The fraction of sp³-hybridized carbons (Fsp3) is 0.400. The maximum absolute atomic E-state index is 4.52. The average Bonchev–Trinajstić information content (AvgIpc) is 2.63. The third kappa shape index (κ3) is 2.75. The van der Waals surface area contributed by atoms with E-state index in [0.717, 1.165) is 17.2 Å². The molecule has 2 rings (SSSR count). The van der Waals surface area contributed by atoms with Crippen LogP contribution < -0.4 is 0 Å². The second kappa shape index (κ2) is 4.84. The Bertz CT molecular complexity index is 324. The highest BCUT2D eigenvalue weighted by Gasteiger charge is 2.13. The van der Waals surface area contributed by atoms with Crippen LogP contribution in [0.15, 0.2) is 29.4 Å². The second-order valence-corrected chi connectivity index (χ2v) is 5.40. The summed E-state index contributed by atoms with van der Waals surface area (Å²) in [4.78, 5) is 8.79. The first-order valence-corrected chi connectivity index (χ1v) is 6.55. The molecule has 4 heteroatoms. The summed E-state index contributed by atoms with van der Waals surface area (Å²) in [5.74, 6) is 2.06. The molecule has 0 aliphatic carbocycles. The topological polar surface area (TPSA) is 25.2 Å². The molecular weight excluding hydrogens is 212 g/mol. The molecule has 0 saturated heterocycles. The quantitative estimate of drug-likeness (QED) is 0.772. The number of hydrogen-bond acceptors (Lipinski definition) is 4. The van der Waals surface area contributed by atoms with Gasteiger partial charge in [-0.05, 0) is 19.1 Å². The largest absolute Gasteiger partial charge is 0.268 e. The zero-order valence-electron chi connectivity index (χ0n) is 8.01. The first kappa shape index (κ1) is 10.1. The Morgan fingerprint density at radius 3 is 3.14 bits per heavy atom. The van der Waals surface area contributed by atoms with E-state index >= 15 is 0 Å². The Morgan fingerprint density at radius 1 is 1.57 bits per heavy atom. The highest BCUT2D eigenvalue weighted by atomic mass is 32.2. The van der Waals surface area contributed by atoms with Crippen molar-refractivity contribution < 1.29 is 0 Å². The van der Waals surface area contributed by atoms with Crippen LogP contribution in [-0.4, -0.2) is 21.2 Å². The molecule has 2 nitrogen and oxygen atoms in total. The van der Waals surface area contributed by atoms with Crippen molar-refractivity contribution in [2.24, 2.45) is 4.99 Å². The predicted molar refractivity (Wildman–Crippen MR) is 64.9 cm³/mol. The summed E-state index contributed by atoms with van der Waals surface area (Å²) in [5.41, 5.74) is 1.13. The molecule has 1 aliphatic rings. The van der Waals surface area contributed by atoms with Crippen molar-refractivity contribution in [1.82, 2.24) is 4.98 Å². The monoisotopic (exact) mass is 224 g/mol. The second-order valence-electron chi connectivity index (χ2n) is 3.16. The van der Waals surface area contributed by atoms with Gasteiger partial charge in [-0.3, -0.25) is 9.98 Å². The molecule has 0 fully saturated rings. The van der Waals surface area contributed by atoms with Gasteiger partial charge in [0.1, 0.15) is 4.38 Å². The van der Waals surface area contributed by atoms with Gasteiger partial charge in [-0.1, -0.05) is 29.6 Å². The van der Waals surface area contributed by atoms with Crippen molar-refractivity contribution in [3.8, 4) is 0 Å². The van der Waals surface area contributed by atoms with Gasteiger partial charge in [0, 0.05) is 17.7 Å². The number of thioether (sulfide) groups is 2. The molecule has 1 atom stereocenters. The van der Waals surface area contributed by atoms with Crippen LogP contribution in [0.4, 0.5) is 0 Å². The molecule has 1 aliphatic heterocycles. The lowest BCUT2D eigenvalue weighted by Crippen LogP contribution is -1.92. The van der Waals surface area contributed by atoms with E-state index in [9.17, 15) is 0 Å². The van der Waals surface area contributed by atoms with Gasteiger partial charge in [-0.2, -0.15) is 0 Å². The number of hydrogen-bond donors (Lipinski definition) is 0. The Morgan fingerprint density at radius 2 is 2.50 bits per heavy atom. The van der Waals surface area contributed by atoms with Crippen molar-refractivity contribution in [2.45, 2.75) is 18.7 Å². The minimum Gasteiger partial charge on any atom is -0.268 e. The molecule has 0 amide bonds. The summed E-state index contributed by atoms with van der Waals surface area (Å²) in [5, 5.41) is 0. The molecule has 2 heterocycles. The van der Waals surface area contributed by atoms with Crippen LogP contribution in [0, 0.1) is 0 Å². The van der Waals surface area contributed by atoms with Gasteiger partial charge < -0.3 is 0 Å². The van der Waals surface area contributed by atoms with E-state index in [1.165, 1.54) is 4.38 Å². The molecule has 0 spiro atoms. The number of aromatic nitrogens is 1. The summed E-state index contributed by atoms with van der Waals surface area (Å²) >= 11 is 3.65. The third-order valence-corrected chi connectivity index (χ3v) is 4.34. The van der Waals surface area contributed by atoms with Crippen LogP contribution >= 0.6 is 23.5 Å². The highest BCUT2D eigenvalue weighted by molar-refractivity contribution is 8.38. The van der Waals surface area contributed by atoms with E-state index in [4.69, 9.17) is 0 Å². The zero-order valence-corrected chi connectivity index (χ0v) is 9.64. The van der Waals surface area contributed by atoms with E-state index in [2.05, 4.69) is 23.0 Å². The predicted octanol–water partition coefficient (Wildman–Crippen LogP) is 2.81. The Kier molecular flexibility index (Phi) is 3.48. The standard InChI is InChI=1S/C10H12N2S2/c1-8-6-13-10(12-8)14-7-9-4-2-3-5-11-9/h2-5,8H,6-7H2,1H3. The van der Waals surface area contributed by atoms with E-state index in [1.807, 2.05) is 30.1 Å². The van der Waals surface area contributed by atoms with Crippen LogP contribution in [0.3, 0.4) is 0 Å². The lowest BCUT2D eigenvalue weighted by Gasteiger charge is -1.98. The summed E-state index contributed by atoms with van der Waals surface area (Å²) in [6.45, 7) is 2.15. The van der Waals surface area contributed by atoms with Gasteiger partial charge in [0.25, 0.3) is 0 Å². The molecule has 74 valence electrons. The summed E-state index contributed by atoms with van der Waals surface area (Å²) in [6.07, 6.45) is 1.84. The van der Waals surface area contributed by atoms with E-state index in [1.54, 1.807) is 11.8 Å². The van der Waals surface area contributed by atoms with E-state index < -0.39 is 0 Å². The van der Waals surface area contributed by atoms with Gasteiger partial charge >= 0.3 is 0 Å². The van der Waals surface area contributed by atoms with Gasteiger partial charge in [0.15, 0.2) is 0 Å². The SMILES string of the molecule is CC1CSC(SCc2ccccn2)=N1. The minimum absolute atomic E-state index is 0.492. The summed E-state index contributed by atoms with van der Waals surface area (Å²) in [6, 6.07) is 6.51. The van der Waals surface area contributed by atoms with Crippen LogP contribution in [0.25, 0.3) is 0 Å². The van der Waals surface area contributed by atoms with Crippen molar-refractivity contribution in [2.75, 3.05) is 5.75 Å². The smallest absolute Gasteiger partial charge is 0.125 e. The molecule has 1 aromatic heterocycles. The van der Waals surface area contributed by atoms with Crippen molar-refractivity contribution in [3.63, 3.8) is 0 Å². The molecular formula is C10H12N2S2. The molecule has 0 N–H and O–H groups in total. The third-order valence-electron chi connectivity index (χ3n) is 1.84. The van der Waals surface area contributed by atoms with Gasteiger partial charge in [0.2, 0.25) is 0 Å². The van der Waals surface area contributed by atoms with Crippen LogP contribution in [-0.2, 0) is 5.75 Å². The molecule has 0 bridgehead atoms.